The number of carbonyl (C=O) groups excluding carboxylic acids is 2. The summed E-state index contributed by atoms with van der Waals surface area (Å²) in [6, 6.07) is 7.76. The van der Waals surface area contributed by atoms with E-state index in [1.165, 1.54) is 18.2 Å². The van der Waals surface area contributed by atoms with Crippen LogP contribution in [-0.2, 0) is 14.3 Å². The molecule has 1 saturated heterocycles. The smallest absolute Gasteiger partial charge is 0.331 e. The van der Waals surface area contributed by atoms with Crippen molar-refractivity contribution >= 4 is 23.9 Å². The minimum Gasteiger partial charge on any atom is -0.449 e. The van der Waals surface area contributed by atoms with Crippen LogP contribution in [0.5, 0.6) is 0 Å². The lowest BCUT2D eigenvalue weighted by Gasteiger charge is -2.35. The number of aryl methyl sites for hydroxylation is 1. The van der Waals surface area contributed by atoms with Gasteiger partial charge in [-0.05, 0) is 57.2 Å². The SMILES string of the molecule is Cc1nn(-c2ccc(F)cc2)c(C)c1/C=C/C(=O)OC(C)C(=O)N1CCN(c2ncccn2)CC1. The summed E-state index contributed by atoms with van der Waals surface area (Å²) in [4.78, 5) is 37.4. The Hall–Kier alpha value is -4.08. The lowest BCUT2D eigenvalue weighted by atomic mass is 10.2. The Morgan fingerprint density at radius 2 is 1.71 bits per heavy atom. The number of carbonyl (C=O) groups is 2. The summed E-state index contributed by atoms with van der Waals surface area (Å²) in [5.41, 5.74) is 2.97. The quantitative estimate of drug-likeness (QED) is 0.397. The lowest BCUT2D eigenvalue weighted by Crippen LogP contribution is -2.52. The van der Waals surface area contributed by atoms with E-state index < -0.39 is 12.1 Å². The summed E-state index contributed by atoms with van der Waals surface area (Å²) in [7, 11) is 0. The van der Waals surface area contributed by atoms with Crippen LogP contribution in [0.15, 0.2) is 48.8 Å². The van der Waals surface area contributed by atoms with E-state index >= 15 is 0 Å². The summed E-state index contributed by atoms with van der Waals surface area (Å²) in [6.45, 7) is 7.46. The number of benzene rings is 1. The van der Waals surface area contributed by atoms with Gasteiger partial charge in [-0.2, -0.15) is 5.10 Å². The molecule has 1 amide bonds. The van der Waals surface area contributed by atoms with Gasteiger partial charge in [0.2, 0.25) is 5.95 Å². The molecule has 2 aromatic heterocycles. The number of anilines is 1. The zero-order chi connectivity index (χ0) is 24.9. The average Bonchev–Trinajstić information content (AvgIpc) is 3.16. The van der Waals surface area contributed by atoms with E-state index in [4.69, 9.17) is 4.74 Å². The van der Waals surface area contributed by atoms with E-state index in [1.807, 2.05) is 18.7 Å². The van der Waals surface area contributed by atoms with Crippen LogP contribution in [0.1, 0.15) is 23.9 Å². The van der Waals surface area contributed by atoms with E-state index in [1.54, 1.807) is 53.2 Å². The second-order valence-electron chi connectivity index (χ2n) is 8.25. The van der Waals surface area contributed by atoms with Crippen molar-refractivity contribution in [3.8, 4) is 5.69 Å². The molecule has 4 rings (SSSR count). The molecule has 1 aromatic carbocycles. The highest BCUT2D eigenvalue weighted by molar-refractivity contribution is 5.90. The van der Waals surface area contributed by atoms with E-state index in [-0.39, 0.29) is 11.7 Å². The predicted molar refractivity (Wildman–Crippen MR) is 128 cm³/mol. The molecule has 0 saturated carbocycles. The third-order valence-corrected chi connectivity index (χ3v) is 5.87. The number of piperazine rings is 1. The number of amides is 1. The van der Waals surface area contributed by atoms with Gasteiger partial charge in [-0.25, -0.2) is 23.8 Å². The number of halogens is 1. The van der Waals surface area contributed by atoms with Gasteiger partial charge in [0, 0.05) is 55.9 Å². The number of hydrogen-bond acceptors (Lipinski definition) is 7. The molecule has 3 aromatic rings. The largest absolute Gasteiger partial charge is 0.449 e. The van der Waals surface area contributed by atoms with Crippen molar-refractivity contribution < 1.29 is 18.7 Å². The first-order valence-electron chi connectivity index (χ1n) is 11.3. The summed E-state index contributed by atoms with van der Waals surface area (Å²) >= 11 is 0. The van der Waals surface area contributed by atoms with Crippen molar-refractivity contribution in [2.75, 3.05) is 31.1 Å². The molecule has 10 heteroatoms. The van der Waals surface area contributed by atoms with E-state index in [2.05, 4.69) is 15.1 Å². The fourth-order valence-electron chi connectivity index (χ4n) is 3.98. The third-order valence-electron chi connectivity index (χ3n) is 5.87. The highest BCUT2D eigenvalue weighted by atomic mass is 19.1. The fraction of sp³-hybridized carbons (Fsp3) is 0.320. The molecular weight excluding hydrogens is 451 g/mol. The van der Waals surface area contributed by atoms with Gasteiger partial charge in [0.1, 0.15) is 5.82 Å². The van der Waals surface area contributed by atoms with Gasteiger partial charge in [0.15, 0.2) is 6.10 Å². The molecule has 1 fully saturated rings. The number of nitrogens with zero attached hydrogens (tertiary/aromatic N) is 6. The van der Waals surface area contributed by atoms with Gasteiger partial charge in [0.25, 0.3) is 5.91 Å². The first-order chi connectivity index (χ1) is 16.8. The minimum absolute atomic E-state index is 0.239. The fourth-order valence-corrected chi connectivity index (χ4v) is 3.98. The van der Waals surface area contributed by atoms with Crippen LogP contribution in [0.4, 0.5) is 10.3 Å². The molecular formula is C25H27FN6O3. The second kappa shape index (κ2) is 10.5. The van der Waals surface area contributed by atoms with Crippen LogP contribution >= 0.6 is 0 Å². The zero-order valence-corrected chi connectivity index (χ0v) is 19.9. The molecule has 35 heavy (non-hydrogen) atoms. The molecule has 0 bridgehead atoms. The Bertz CT molecular complexity index is 1220. The molecule has 0 N–H and O–H groups in total. The first kappa shape index (κ1) is 24.1. The summed E-state index contributed by atoms with van der Waals surface area (Å²) in [5.74, 6) is -0.543. The van der Waals surface area contributed by atoms with Crippen LogP contribution in [0.3, 0.4) is 0 Å². The molecule has 1 aliphatic heterocycles. The maximum atomic E-state index is 13.2. The monoisotopic (exact) mass is 478 g/mol. The Morgan fingerprint density at radius 3 is 2.37 bits per heavy atom. The number of ether oxygens (including phenoxy) is 1. The van der Waals surface area contributed by atoms with Crippen molar-refractivity contribution in [1.82, 2.24) is 24.6 Å². The van der Waals surface area contributed by atoms with E-state index in [0.29, 0.717) is 43.5 Å². The standard InChI is InChI=1S/C25H27FN6O3/c1-17-22(18(2)32(29-17)21-7-5-20(26)6-8-21)9-10-23(33)35-19(3)24(34)30-13-15-31(16-14-30)25-27-11-4-12-28-25/h4-12,19H,13-16H2,1-3H3/b10-9+. The Balaban J connectivity index is 1.33. The lowest BCUT2D eigenvalue weighted by molar-refractivity contribution is -0.155. The number of esters is 1. The maximum absolute atomic E-state index is 13.2. The molecule has 3 heterocycles. The van der Waals surface area contributed by atoms with Crippen molar-refractivity contribution in [2.45, 2.75) is 26.9 Å². The first-order valence-corrected chi connectivity index (χ1v) is 11.3. The van der Waals surface area contributed by atoms with Gasteiger partial charge >= 0.3 is 5.97 Å². The molecule has 182 valence electrons. The van der Waals surface area contributed by atoms with Crippen LogP contribution in [0.25, 0.3) is 11.8 Å². The van der Waals surface area contributed by atoms with Crippen LogP contribution in [-0.4, -0.2) is 68.8 Å². The number of hydrogen-bond donors (Lipinski definition) is 0. The third kappa shape index (κ3) is 5.53. The van der Waals surface area contributed by atoms with Gasteiger partial charge < -0.3 is 14.5 Å². The Morgan fingerprint density at radius 1 is 1.06 bits per heavy atom. The summed E-state index contributed by atoms with van der Waals surface area (Å²) < 4.78 is 20.3. The predicted octanol–water partition coefficient (Wildman–Crippen LogP) is 2.71. The van der Waals surface area contributed by atoms with Gasteiger partial charge in [0.05, 0.1) is 11.4 Å². The number of rotatable bonds is 6. The van der Waals surface area contributed by atoms with E-state index in [9.17, 15) is 14.0 Å². The molecule has 1 unspecified atom stereocenters. The second-order valence-corrected chi connectivity index (χ2v) is 8.25. The van der Waals surface area contributed by atoms with E-state index in [0.717, 1.165) is 11.3 Å². The number of aromatic nitrogens is 4. The molecule has 0 radical (unpaired) electrons. The maximum Gasteiger partial charge on any atom is 0.331 e. The van der Waals surface area contributed by atoms with Gasteiger partial charge in [-0.3, -0.25) is 4.79 Å². The molecule has 0 aliphatic carbocycles. The highest BCUT2D eigenvalue weighted by Gasteiger charge is 2.27. The Kier molecular flexibility index (Phi) is 7.19. The average molecular weight is 479 g/mol. The van der Waals surface area contributed by atoms with Crippen molar-refractivity contribution in [2.24, 2.45) is 0 Å². The molecule has 1 atom stereocenters. The van der Waals surface area contributed by atoms with Gasteiger partial charge in [-0.1, -0.05) is 0 Å². The highest BCUT2D eigenvalue weighted by Crippen LogP contribution is 2.20. The van der Waals surface area contributed by atoms with Crippen molar-refractivity contribution in [3.05, 3.63) is 71.6 Å². The summed E-state index contributed by atoms with van der Waals surface area (Å²) in [6.07, 6.45) is 5.38. The van der Waals surface area contributed by atoms with Crippen LogP contribution in [0.2, 0.25) is 0 Å². The van der Waals surface area contributed by atoms with Crippen molar-refractivity contribution in [1.29, 1.82) is 0 Å². The zero-order valence-electron chi connectivity index (χ0n) is 19.9. The topological polar surface area (TPSA) is 93.5 Å². The Labute approximate surface area is 202 Å². The van der Waals surface area contributed by atoms with Crippen molar-refractivity contribution in [3.63, 3.8) is 0 Å². The van der Waals surface area contributed by atoms with Crippen LogP contribution < -0.4 is 4.90 Å². The normalized spacial score (nSPS) is 14.9. The minimum atomic E-state index is -0.907. The molecule has 0 spiro atoms. The summed E-state index contributed by atoms with van der Waals surface area (Å²) in [5, 5.41) is 4.48. The van der Waals surface area contributed by atoms with Gasteiger partial charge in [-0.15, -0.1) is 0 Å². The molecule has 9 nitrogen and oxygen atoms in total. The van der Waals surface area contributed by atoms with Crippen LogP contribution in [0, 0.1) is 19.7 Å². The molecule has 1 aliphatic rings.